The quantitative estimate of drug-likeness (QED) is 0.687. The van der Waals surface area contributed by atoms with Gasteiger partial charge in [0.05, 0.1) is 11.5 Å². The maximum atomic E-state index is 11.9. The number of benzene rings is 1. The topological polar surface area (TPSA) is 55.2 Å². The van der Waals surface area contributed by atoms with Gasteiger partial charge in [0.15, 0.2) is 0 Å². The summed E-state index contributed by atoms with van der Waals surface area (Å²) in [5.41, 5.74) is 0.413. The predicted octanol–water partition coefficient (Wildman–Crippen LogP) is 3.01. The number of halogens is 4. The number of alkyl halides is 3. The van der Waals surface area contributed by atoms with Crippen molar-refractivity contribution in [3.63, 3.8) is 0 Å². The third-order valence-electron chi connectivity index (χ3n) is 1.89. The summed E-state index contributed by atoms with van der Waals surface area (Å²) >= 11 is 3.07. The first kappa shape index (κ1) is 13.9. The van der Waals surface area contributed by atoms with E-state index in [9.17, 15) is 23.3 Å². The first-order valence-corrected chi connectivity index (χ1v) is 5.29. The zero-order valence-corrected chi connectivity index (χ0v) is 10.0. The normalized spacial score (nSPS) is 11.5. The molecule has 0 saturated heterocycles. The molecule has 1 aromatic carbocycles. The van der Waals surface area contributed by atoms with E-state index >= 15 is 0 Å². The molecule has 0 aromatic heterocycles. The monoisotopic (exact) mass is 312 g/mol. The van der Waals surface area contributed by atoms with Crippen molar-refractivity contribution >= 4 is 21.6 Å². The van der Waals surface area contributed by atoms with Crippen molar-refractivity contribution in [3.8, 4) is 0 Å². The van der Waals surface area contributed by atoms with Gasteiger partial charge in [-0.3, -0.25) is 10.1 Å². The third kappa shape index (κ3) is 4.70. The molecule has 94 valence electrons. The van der Waals surface area contributed by atoms with E-state index in [1.54, 1.807) is 0 Å². The summed E-state index contributed by atoms with van der Waals surface area (Å²) in [6.07, 6.45) is -4.27. The lowest BCUT2D eigenvalue weighted by Crippen LogP contribution is -2.28. The Morgan fingerprint density at radius 2 is 2.06 bits per heavy atom. The van der Waals surface area contributed by atoms with Crippen LogP contribution in [0.3, 0.4) is 0 Å². The molecule has 0 spiro atoms. The first-order chi connectivity index (χ1) is 7.79. The second-order valence-corrected chi connectivity index (χ2v) is 4.11. The number of hydrogen-bond donors (Lipinski definition) is 1. The highest BCUT2D eigenvalue weighted by molar-refractivity contribution is 9.10. The van der Waals surface area contributed by atoms with Crippen molar-refractivity contribution in [1.82, 2.24) is 5.32 Å². The Balaban J connectivity index is 2.64. The maximum Gasteiger partial charge on any atom is 0.401 e. The Morgan fingerprint density at radius 1 is 1.41 bits per heavy atom. The molecular weight excluding hydrogens is 305 g/mol. The molecule has 0 heterocycles. The van der Waals surface area contributed by atoms with Gasteiger partial charge in [-0.2, -0.15) is 13.2 Å². The number of hydrogen-bond acceptors (Lipinski definition) is 3. The Hall–Kier alpha value is -1.15. The van der Waals surface area contributed by atoms with Crippen molar-refractivity contribution < 1.29 is 18.1 Å². The summed E-state index contributed by atoms with van der Waals surface area (Å²) in [5, 5.41) is 12.6. The van der Waals surface area contributed by atoms with Crippen LogP contribution in [-0.4, -0.2) is 17.6 Å². The van der Waals surface area contributed by atoms with Gasteiger partial charge < -0.3 is 5.32 Å². The summed E-state index contributed by atoms with van der Waals surface area (Å²) in [4.78, 5) is 9.86. The molecule has 0 amide bonds. The molecule has 0 aliphatic heterocycles. The van der Waals surface area contributed by atoms with Gasteiger partial charge in [-0.05, 0) is 11.6 Å². The molecule has 17 heavy (non-hydrogen) atoms. The average molecular weight is 313 g/mol. The van der Waals surface area contributed by atoms with E-state index in [-0.39, 0.29) is 12.2 Å². The zero-order valence-electron chi connectivity index (χ0n) is 8.42. The standard InChI is InChI=1S/C9H8BrF3N2O2/c10-8-3-7(15(16)17)2-1-6(8)4-14-5-9(11,12)13/h1-3,14H,4-5H2. The Morgan fingerprint density at radius 3 is 2.53 bits per heavy atom. The van der Waals surface area contributed by atoms with E-state index in [0.29, 0.717) is 10.0 Å². The van der Waals surface area contributed by atoms with Crippen LogP contribution in [0.5, 0.6) is 0 Å². The molecular formula is C9H8BrF3N2O2. The Kier molecular flexibility index (Phi) is 4.47. The molecule has 0 radical (unpaired) electrons. The minimum atomic E-state index is -4.27. The highest BCUT2D eigenvalue weighted by Gasteiger charge is 2.26. The van der Waals surface area contributed by atoms with E-state index in [0.717, 1.165) is 0 Å². The van der Waals surface area contributed by atoms with Crippen molar-refractivity contribution in [2.45, 2.75) is 12.7 Å². The van der Waals surface area contributed by atoms with E-state index in [1.165, 1.54) is 18.2 Å². The fourth-order valence-electron chi connectivity index (χ4n) is 1.13. The van der Waals surface area contributed by atoms with Crippen molar-refractivity contribution in [3.05, 3.63) is 38.3 Å². The molecule has 0 bridgehead atoms. The maximum absolute atomic E-state index is 11.9. The molecule has 0 atom stereocenters. The minimum Gasteiger partial charge on any atom is -0.305 e. The molecule has 4 nitrogen and oxygen atoms in total. The fraction of sp³-hybridized carbons (Fsp3) is 0.333. The summed E-state index contributed by atoms with van der Waals surface area (Å²) in [6.45, 7) is -1.12. The molecule has 1 rings (SSSR count). The summed E-state index contributed by atoms with van der Waals surface area (Å²) in [5.74, 6) is 0. The number of nitrogens with one attached hydrogen (secondary N) is 1. The second-order valence-electron chi connectivity index (χ2n) is 3.25. The number of rotatable bonds is 4. The summed E-state index contributed by atoms with van der Waals surface area (Å²) < 4.78 is 36.0. The van der Waals surface area contributed by atoms with E-state index < -0.39 is 17.6 Å². The van der Waals surface area contributed by atoms with Gasteiger partial charge in [0.25, 0.3) is 5.69 Å². The predicted molar refractivity (Wildman–Crippen MR) is 58.6 cm³/mol. The lowest BCUT2D eigenvalue weighted by atomic mass is 10.2. The van der Waals surface area contributed by atoms with Crippen molar-refractivity contribution in [2.75, 3.05) is 6.54 Å². The lowest BCUT2D eigenvalue weighted by molar-refractivity contribution is -0.384. The van der Waals surface area contributed by atoms with Gasteiger partial charge in [0.2, 0.25) is 0 Å². The van der Waals surface area contributed by atoms with Gasteiger partial charge in [0.1, 0.15) is 0 Å². The molecule has 0 aliphatic rings. The third-order valence-corrected chi connectivity index (χ3v) is 2.63. The van der Waals surface area contributed by atoms with E-state index in [4.69, 9.17) is 0 Å². The first-order valence-electron chi connectivity index (χ1n) is 4.50. The van der Waals surface area contributed by atoms with Crippen LogP contribution in [-0.2, 0) is 6.54 Å². The number of non-ortho nitro benzene ring substituents is 1. The van der Waals surface area contributed by atoms with Crippen LogP contribution in [0.25, 0.3) is 0 Å². The van der Waals surface area contributed by atoms with Gasteiger partial charge in [0, 0.05) is 23.2 Å². The van der Waals surface area contributed by atoms with Gasteiger partial charge in [-0.15, -0.1) is 0 Å². The lowest BCUT2D eigenvalue weighted by Gasteiger charge is -2.09. The average Bonchev–Trinajstić information content (AvgIpc) is 2.18. The fourth-order valence-corrected chi connectivity index (χ4v) is 1.64. The van der Waals surface area contributed by atoms with Crippen LogP contribution in [0.1, 0.15) is 5.56 Å². The number of nitro groups is 1. The molecule has 0 fully saturated rings. The molecule has 1 N–H and O–H groups in total. The number of nitrogens with zero attached hydrogens (tertiary/aromatic N) is 1. The van der Waals surface area contributed by atoms with Gasteiger partial charge in [-0.1, -0.05) is 15.9 Å². The highest BCUT2D eigenvalue weighted by atomic mass is 79.9. The molecule has 0 aliphatic carbocycles. The smallest absolute Gasteiger partial charge is 0.305 e. The van der Waals surface area contributed by atoms with Crippen LogP contribution < -0.4 is 5.32 Å². The zero-order chi connectivity index (χ0) is 13.1. The Bertz CT molecular complexity index is 423. The summed E-state index contributed by atoms with van der Waals surface area (Å²) in [7, 11) is 0. The van der Waals surface area contributed by atoms with E-state index in [1.807, 2.05) is 0 Å². The highest BCUT2D eigenvalue weighted by Crippen LogP contribution is 2.23. The second kappa shape index (κ2) is 5.46. The Labute approximate surface area is 103 Å². The van der Waals surface area contributed by atoms with Crippen LogP contribution in [0.2, 0.25) is 0 Å². The van der Waals surface area contributed by atoms with Crippen molar-refractivity contribution in [2.24, 2.45) is 0 Å². The van der Waals surface area contributed by atoms with Crippen molar-refractivity contribution in [1.29, 1.82) is 0 Å². The van der Waals surface area contributed by atoms with Crippen LogP contribution in [0.4, 0.5) is 18.9 Å². The largest absolute Gasteiger partial charge is 0.401 e. The minimum absolute atomic E-state index is 0.0158. The molecule has 8 heteroatoms. The van der Waals surface area contributed by atoms with Crippen LogP contribution in [0, 0.1) is 10.1 Å². The van der Waals surface area contributed by atoms with Crippen LogP contribution in [0.15, 0.2) is 22.7 Å². The van der Waals surface area contributed by atoms with Gasteiger partial charge in [-0.25, -0.2) is 0 Å². The van der Waals surface area contributed by atoms with Gasteiger partial charge >= 0.3 is 6.18 Å². The van der Waals surface area contributed by atoms with E-state index in [2.05, 4.69) is 21.2 Å². The SMILES string of the molecule is O=[N+]([O-])c1ccc(CNCC(F)(F)F)c(Br)c1. The number of nitro benzene ring substituents is 1. The summed E-state index contributed by atoms with van der Waals surface area (Å²) in [6, 6.07) is 3.91. The molecule has 0 saturated carbocycles. The van der Waals surface area contributed by atoms with Crippen LogP contribution >= 0.6 is 15.9 Å². The molecule has 0 unspecified atom stereocenters. The molecule has 1 aromatic rings.